The fourth-order valence-corrected chi connectivity index (χ4v) is 2.45. The standard InChI is InChI=1S/C13H25N3O3/c1-19-8-2-3-11(14)13(18)16-6-4-10(5-7-16)9-12(15)17/h10-11H,2-9,14H2,1H3,(H2,15,17). The number of piperidine rings is 1. The average Bonchev–Trinajstić information content (AvgIpc) is 2.38. The van der Waals surface area contributed by atoms with Crippen molar-refractivity contribution in [1.29, 1.82) is 0 Å². The lowest BCUT2D eigenvalue weighted by Gasteiger charge is -2.33. The molecule has 0 spiro atoms. The Morgan fingerprint density at radius 3 is 2.53 bits per heavy atom. The van der Waals surface area contributed by atoms with E-state index in [-0.39, 0.29) is 11.8 Å². The first-order chi connectivity index (χ1) is 9.04. The summed E-state index contributed by atoms with van der Waals surface area (Å²) in [4.78, 5) is 24.7. The van der Waals surface area contributed by atoms with Crippen molar-refractivity contribution in [2.24, 2.45) is 17.4 Å². The molecule has 0 aromatic heterocycles. The number of rotatable bonds is 7. The molecule has 1 heterocycles. The summed E-state index contributed by atoms with van der Waals surface area (Å²) < 4.78 is 4.94. The molecule has 4 N–H and O–H groups in total. The molecule has 2 amide bonds. The smallest absolute Gasteiger partial charge is 0.239 e. The highest BCUT2D eigenvalue weighted by molar-refractivity contribution is 5.81. The van der Waals surface area contributed by atoms with E-state index in [1.807, 2.05) is 0 Å². The molecule has 0 bridgehead atoms. The molecule has 0 aliphatic carbocycles. The topological polar surface area (TPSA) is 98.7 Å². The first-order valence-electron chi connectivity index (χ1n) is 6.86. The van der Waals surface area contributed by atoms with Crippen LogP contribution in [-0.2, 0) is 14.3 Å². The van der Waals surface area contributed by atoms with Crippen molar-refractivity contribution >= 4 is 11.8 Å². The summed E-state index contributed by atoms with van der Waals surface area (Å²) in [5.41, 5.74) is 11.1. The molecule has 0 saturated carbocycles. The van der Waals surface area contributed by atoms with E-state index in [1.54, 1.807) is 12.0 Å². The summed E-state index contributed by atoms with van der Waals surface area (Å²) >= 11 is 0. The Hall–Kier alpha value is -1.14. The van der Waals surface area contributed by atoms with Crippen LogP contribution >= 0.6 is 0 Å². The Balaban J connectivity index is 2.29. The maximum absolute atomic E-state index is 12.1. The lowest BCUT2D eigenvalue weighted by molar-refractivity contribution is -0.134. The second-order valence-corrected chi connectivity index (χ2v) is 5.18. The van der Waals surface area contributed by atoms with E-state index < -0.39 is 6.04 Å². The van der Waals surface area contributed by atoms with Crippen LogP contribution in [0.25, 0.3) is 0 Å². The van der Waals surface area contributed by atoms with Crippen molar-refractivity contribution in [1.82, 2.24) is 4.90 Å². The number of amides is 2. The van der Waals surface area contributed by atoms with Crippen LogP contribution in [0.2, 0.25) is 0 Å². The van der Waals surface area contributed by atoms with Crippen molar-refractivity contribution < 1.29 is 14.3 Å². The molecule has 1 aliphatic rings. The second-order valence-electron chi connectivity index (χ2n) is 5.18. The molecule has 1 atom stereocenters. The molecule has 1 aliphatic heterocycles. The van der Waals surface area contributed by atoms with E-state index in [0.717, 1.165) is 19.3 Å². The van der Waals surface area contributed by atoms with Crippen LogP contribution in [-0.4, -0.2) is 49.6 Å². The zero-order valence-corrected chi connectivity index (χ0v) is 11.6. The third kappa shape index (κ3) is 5.57. The monoisotopic (exact) mass is 271 g/mol. The van der Waals surface area contributed by atoms with Gasteiger partial charge in [0.2, 0.25) is 11.8 Å². The third-order valence-corrected chi connectivity index (χ3v) is 3.60. The molecule has 0 radical (unpaired) electrons. The average molecular weight is 271 g/mol. The molecule has 110 valence electrons. The van der Waals surface area contributed by atoms with Crippen LogP contribution in [0.3, 0.4) is 0 Å². The minimum Gasteiger partial charge on any atom is -0.385 e. The van der Waals surface area contributed by atoms with Crippen LogP contribution < -0.4 is 11.5 Å². The van der Waals surface area contributed by atoms with Crippen molar-refractivity contribution in [2.45, 2.75) is 38.1 Å². The molecule has 1 fully saturated rings. The van der Waals surface area contributed by atoms with Crippen LogP contribution in [0.4, 0.5) is 0 Å². The summed E-state index contributed by atoms with van der Waals surface area (Å²) in [5, 5.41) is 0. The fraction of sp³-hybridized carbons (Fsp3) is 0.846. The number of likely N-dealkylation sites (tertiary alicyclic amines) is 1. The Morgan fingerprint density at radius 1 is 1.37 bits per heavy atom. The largest absolute Gasteiger partial charge is 0.385 e. The third-order valence-electron chi connectivity index (χ3n) is 3.60. The van der Waals surface area contributed by atoms with Crippen molar-refractivity contribution in [2.75, 3.05) is 26.8 Å². The Morgan fingerprint density at radius 2 is 2.00 bits per heavy atom. The molecule has 19 heavy (non-hydrogen) atoms. The van der Waals surface area contributed by atoms with Crippen molar-refractivity contribution in [3.8, 4) is 0 Å². The Labute approximate surface area is 114 Å². The number of nitrogens with zero attached hydrogens (tertiary/aromatic N) is 1. The number of carbonyl (C=O) groups excluding carboxylic acids is 2. The number of nitrogens with two attached hydrogens (primary N) is 2. The number of primary amides is 1. The summed E-state index contributed by atoms with van der Waals surface area (Å²) in [6.07, 6.45) is 3.52. The maximum Gasteiger partial charge on any atom is 0.239 e. The molecule has 6 heteroatoms. The van der Waals surface area contributed by atoms with E-state index in [0.29, 0.717) is 38.5 Å². The SMILES string of the molecule is COCCCC(N)C(=O)N1CCC(CC(N)=O)CC1. The molecule has 1 unspecified atom stereocenters. The van der Waals surface area contributed by atoms with Crippen molar-refractivity contribution in [3.05, 3.63) is 0 Å². The molecule has 0 aromatic rings. The molecular formula is C13H25N3O3. The van der Waals surface area contributed by atoms with Gasteiger partial charge < -0.3 is 21.1 Å². The van der Waals surface area contributed by atoms with Gasteiger partial charge in [-0.15, -0.1) is 0 Å². The zero-order valence-electron chi connectivity index (χ0n) is 11.6. The predicted molar refractivity (Wildman–Crippen MR) is 72.2 cm³/mol. The number of methoxy groups -OCH3 is 1. The number of hydrogen-bond acceptors (Lipinski definition) is 4. The van der Waals surface area contributed by atoms with Gasteiger partial charge in [-0.1, -0.05) is 0 Å². The molecular weight excluding hydrogens is 246 g/mol. The molecule has 6 nitrogen and oxygen atoms in total. The molecule has 1 rings (SSSR count). The van der Waals surface area contributed by atoms with E-state index in [4.69, 9.17) is 16.2 Å². The number of carbonyl (C=O) groups is 2. The zero-order chi connectivity index (χ0) is 14.3. The van der Waals surface area contributed by atoms with Gasteiger partial charge in [0.05, 0.1) is 6.04 Å². The Kier molecular flexibility index (Phi) is 6.80. The molecule has 1 saturated heterocycles. The van der Waals surface area contributed by atoms with Gasteiger partial charge in [0.25, 0.3) is 0 Å². The van der Waals surface area contributed by atoms with Crippen LogP contribution in [0, 0.1) is 5.92 Å². The number of ether oxygens (including phenoxy) is 1. The van der Waals surface area contributed by atoms with E-state index >= 15 is 0 Å². The van der Waals surface area contributed by atoms with Gasteiger partial charge >= 0.3 is 0 Å². The van der Waals surface area contributed by atoms with Gasteiger partial charge in [-0.3, -0.25) is 9.59 Å². The number of hydrogen-bond donors (Lipinski definition) is 2. The van der Waals surface area contributed by atoms with Gasteiger partial charge in [0, 0.05) is 33.2 Å². The van der Waals surface area contributed by atoms with Gasteiger partial charge in [-0.2, -0.15) is 0 Å². The highest BCUT2D eigenvalue weighted by Gasteiger charge is 2.26. The summed E-state index contributed by atoms with van der Waals surface area (Å²) in [6.45, 7) is 1.98. The van der Waals surface area contributed by atoms with Gasteiger partial charge in [-0.25, -0.2) is 0 Å². The minimum absolute atomic E-state index is 0.00799. The first-order valence-corrected chi connectivity index (χ1v) is 6.86. The maximum atomic E-state index is 12.1. The Bertz CT molecular complexity index is 302. The van der Waals surface area contributed by atoms with E-state index in [2.05, 4.69) is 0 Å². The van der Waals surface area contributed by atoms with Crippen molar-refractivity contribution in [3.63, 3.8) is 0 Å². The predicted octanol–water partition coefficient (Wildman–Crippen LogP) is -0.146. The highest BCUT2D eigenvalue weighted by Crippen LogP contribution is 2.20. The summed E-state index contributed by atoms with van der Waals surface area (Å²) in [6, 6.07) is -0.442. The van der Waals surface area contributed by atoms with E-state index in [9.17, 15) is 9.59 Å². The lowest BCUT2D eigenvalue weighted by atomic mass is 9.93. The van der Waals surface area contributed by atoms with Crippen LogP contribution in [0.15, 0.2) is 0 Å². The van der Waals surface area contributed by atoms with Crippen LogP contribution in [0.1, 0.15) is 32.1 Å². The summed E-state index contributed by atoms with van der Waals surface area (Å²) in [5.74, 6) is 0.0564. The molecule has 0 aromatic carbocycles. The second kappa shape index (κ2) is 8.12. The minimum atomic E-state index is -0.442. The fourth-order valence-electron chi connectivity index (χ4n) is 2.45. The quantitative estimate of drug-likeness (QED) is 0.629. The highest BCUT2D eigenvalue weighted by atomic mass is 16.5. The van der Waals surface area contributed by atoms with E-state index in [1.165, 1.54) is 0 Å². The first kappa shape index (κ1) is 15.9. The van der Waals surface area contributed by atoms with Crippen LogP contribution in [0.5, 0.6) is 0 Å². The lowest BCUT2D eigenvalue weighted by Crippen LogP contribution is -2.47. The normalized spacial score (nSPS) is 18.3. The van der Waals surface area contributed by atoms with Gasteiger partial charge in [0.1, 0.15) is 0 Å². The summed E-state index contributed by atoms with van der Waals surface area (Å²) in [7, 11) is 1.64. The van der Waals surface area contributed by atoms with Gasteiger partial charge in [0.15, 0.2) is 0 Å². The van der Waals surface area contributed by atoms with Gasteiger partial charge in [-0.05, 0) is 31.6 Å².